The fourth-order valence-electron chi connectivity index (χ4n) is 1.88. The molecule has 0 aliphatic rings. The second kappa shape index (κ2) is 6.96. The molecule has 2 aromatic carbocycles. The summed E-state index contributed by atoms with van der Waals surface area (Å²) in [6.45, 7) is 2.46. The minimum atomic E-state index is -0.0978. The average Bonchev–Trinajstić information content (AvgIpc) is 2.41. The van der Waals surface area contributed by atoms with Crippen LogP contribution in [-0.4, -0.2) is 12.5 Å². The summed E-state index contributed by atoms with van der Waals surface area (Å²) in [5.41, 5.74) is 1.56. The Morgan fingerprint density at radius 1 is 1.20 bits per heavy atom. The summed E-state index contributed by atoms with van der Waals surface area (Å²) in [7, 11) is 0. The number of para-hydroxylation sites is 2. The highest BCUT2D eigenvalue weighted by molar-refractivity contribution is 6.30. The fourth-order valence-corrected chi connectivity index (χ4v) is 2.09. The van der Waals surface area contributed by atoms with Crippen LogP contribution in [0.25, 0.3) is 0 Å². The molecule has 1 amide bonds. The lowest BCUT2D eigenvalue weighted by atomic mass is 10.1. The lowest BCUT2D eigenvalue weighted by Crippen LogP contribution is -2.15. The van der Waals surface area contributed by atoms with E-state index in [4.69, 9.17) is 16.3 Å². The van der Waals surface area contributed by atoms with Gasteiger partial charge in [-0.25, -0.2) is 0 Å². The van der Waals surface area contributed by atoms with Crippen molar-refractivity contribution in [1.29, 1.82) is 0 Å². The molecule has 2 rings (SSSR count). The predicted molar refractivity (Wildman–Crippen MR) is 81.4 cm³/mol. The van der Waals surface area contributed by atoms with Crippen molar-refractivity contribution in [2.75, 3.05) is 11.9 Å². The van der Waals surface area contributed by atoms with Crippen molar-refractivity contribution in [3.63, 3.8) is 0 Å². The number of amides is 1. The molecule has 0 heterocycles. The van der Waals surface area contributed by atoms with Crippen LogP contribution in [0.5, 0.6) is 5.75 Å². The molecule has 0 aliphatic heterocycles. The molecule has 0 radical (unpaired) electrons. The molecule has 4 heteroatoms. The van der Waals surface area contributed by atoms with Crippen LogP contribution >= 0.6 is 11.6 Å². The quantitative estimate of drug-likeness (QED) is 0.906. The monoisotopic (exact) mass is 289 g/mol. The number of halogens is 1. The zero-order valence-corrected chi connectivity index (χ0v) is 12.0. The van der Waals surface area contributed by atoms with E-state index >= 15 is 0 Å². The number of carbonyl (C=O) groups excluding carboxylic acids is 1. The highest BCUT2D eigenvalue weighted by Gasteiger charge is 2.08. The van der Waals surface area contributed by atoms with Crippen LogP contribution in [0.4, 0.5) is 5.69 Å². The van der Waals surface area contributed by atoms with Gasteiger partial charge < -0.3 is 10.1 Å². The molecule has 20 heavy (non-hydrogen) atoms. The first-order valence-electron chi connectivity index (χ1n) is 6.45. The van der Waals surface area contributed by atoms with E-state index in [-0.39, 0.29) is 12.3 Å². The number of rotatable bonds is 5. The summed E-state index contributed by atoms with van der Waals surface area (Å²) < 4.78 is 5.47. The van der Waals surface area contributed by atoms with E-state index in [0.717, 1.165) is 5.56 Å². The second-order valence-electron chi connectivity index (χ2n) is 4.28. The Kier molecular flexibility index (Phi) is 5.02. The normalized spacial score (nSPS) is 10.1. The van der Waals surface area contributed by atoms with Gasteiger partial charge in [0.1, 0.15) is 5.75 Å². The van der Waals surface area contributed by atoms with E-state index in [1.807, 2.05) is 43.3 Å². The first-order valence-corrected chi connectivity index (χ1v) is 6.83. The molecular weight excluding hydrogens is 274 g/mol. The first-order chi connectivity index (χ1) is 9.69. The second-order valence-corrected chi connectivity index (χ2v) is 4.72. The minimum Gasteiger partial charge on any atom is -0.492 e. The molecule has 3 nitrogen and oxygen atoms in total. The molecule has 0 saturated carbocycles. The molecule has 0 bridgehead atoms. The summed E-state index contributed by atoms with van der Waals surface area (Å²) in [6.07, 6.45) is 0.279. The molecule has 0 unspecified atom stereocenters. The van der Waals surface area contributed by atoms with Crippen molar-refractivity contribution in [2.24, 2.45) is 0 Å². The van der Waals surface area contributed by atoms with E-state index in [0.29, 0.717) is 23.1 Å². The standard InChI is InChI=1S/C16H16ClNO2/c1-2-20-15-9-4-3-8-14(15)18-16(19)11-12-6-5-7-13(17)10-12/h3-10H,2,11H2,1H3,(H,18,19). The van der Waals surface area contributed by atoms with E-state index in [9.17, 15) is 4.79 Å². The average molecular weight is 290 g/mol. The Labute approximate surface area is 123 Å². The van der Waals surface area contributed by atoms with Gasteiger partial charge in [0.2, 0.25) is 5.91 Å². The number of hydrogen-bond donors (Lipinski definition) is 1. The SMILES string of the molecule is CCOc1ccccc1NC(=O)Cc1cccc(Cl)c1. The van der Waals surface area contributed by atoms with Gasteiger partial charge in [0.15, 0.2) is 0 Å². The summed E-state index contributed by atoms with van der Waals surface area (Å²) in [6, 6.07) is 14.7. The van der Waals surface area contributed by atoms with Crippen LogP contribution in [0.15, 0.2) is 48.5 Å². The molecule has 0 atom stereocenters. The van der Waals surface area contributed by atoms with Crippen LogP contribution < -0.4 is 10.1 Å². The van der Waals surface area contributed by atoms with Crippen molar-refractivity contribution < 1.29 is 9.53 Å². The third-order valence-electron chi connectivity index (χ3n) is 2.71. The molecular formula is C16H16ClNO2. The maximum absolute atomic E-state index is 12.0. The maximum atomic E-state index is 12.0. The zero-order valence-electron chi connectivity index (χ0n) is 11.2. The van der Waals surface area contributed by atoms with Crippen molar-refractivity contribution in [1.82, 2.24) is 0 Å². The van der Waals surface area contributed by atoms with Gasteiger partial charge in [-0.2, -0.15) is 0 Å². The number of anilines is 1. The van der Waals surface area contributed by atoms with Crippen molar-refractivity contribution in [3.8, 4) is 5.75 Å². The van der Waals surface area contributed by atoms with Gasteiger partial charge in [0.25, 0.3) is 0 Å². The van der Waals surface area contributed by atoms with E-state index in [1.165, 1.54) is 0 Å². The van der Waals surface area contributed by atoms with E-state index < -0.39 is 0 Å². The Morgan fingerprint density at radius 3 is 2.75 bits per heavy atom. The number of carbonyl (C=O) groups is 1. The summed E-state index contributed by atoms with van der Waals surface area (Å²) in [5, 5.41) is 3.49. The topological polar surface area (TPSA) is 38.3 Å². The van der Waals surface area contributed by atoms with Gasteiger partial charge in [-0.15, -0.1) is 0 Å². The largest absolute Gasteiger partial charge is 0.492 e. The third-order valence-corrected chi connectivity index (χ3v) is 2.95. The Hall–Kier alpha value is -2.00. The van der Waals surface area contributed by atoms with Gasteiger partial charge in [-0.1, -0.05) is 35.9 Å². The van der Waals surface area contributed by atoms with Crippen LogP contribution in [0, 0.1) is 0 Å². The maximum Gasteiger partial charge on any atom is 0.228 e. The Balaban J connectivity index is 2.05. The Bertz CT molecular complexity index is 599. The molecule has 0 fully saturated rings. The number of benzene rings is 2. The highest BCUT2D eigenvalue weighted by atomic mass is 35.5. The fraction of sp³-hybridized carbons (Fsp3) is 0.188. The van der Waals surface area contributed by atoms with Gasteiger partial charge in [-0.05, 0) is 36.8 Å². The van der Waals surface area contributed by atoms with Gasteiger partial charge >= 0.3 is 0 Å². The summed E-state index contributed by atoms with van der Waals surface area (Å²) in [4.78, 5) is 12.0. The Morgan fingerprint density at radius 2 is 2.00 bits per heavy atom. The predicted octanol–water partition coefficient (Wildman–Crippen LogP) is 3.92. The van der Waals surface area contributed by atoms with Crippen molar-refractivity contribution >= 4 is 23.2 Å². The zero-order chi connectivity index (χ0) is 14.4. The summed E-state index contributed by atoms with van der Waals surface area (Å²) in [5.74, 6) is 0.578. The van der Waals surface area contributed by atoms with Gasteiger partial charge in [0.05, 0.1) is 18.7 Å². The number of ether oxygens (including phenoxy) is 1. The molecule has 0 aromatic heterocycles. The van der Waals surface area contributed by atoms with E-state index in [1.54, 1.807) is 12.1 Å². The van der Waals surface area contributed by atoms with Crippen LogP contribution in [0.1, 0.15) is 12.5 Å². The van der Waals surface area contributed by atoms with E-state index in [2.05, 4.69) is 5.32 Å². The van der Waals surface area contributed by atoms with Crippen LogP contribution in [0.2, 0.25) is 5.02 Å². The van der Waals surface area contributed by atoms with Crippen LogP contribution in [0.3, 0.4) is 0 Å². The summed E-state index contributed by atoms with van der Waals surface area (Å²) >= 11 is 5.90. The molecule has 0 spiro atoms. The van der Waals surface area contributed by atoms with Gasteiger partial charge in [-0.3, -0.25) is 4.79 Å². The lowest BCUT2D eigenvalue weighted by Gasteiger charge is -2.11. The molecule has 2 aromatic rings. The number of nitrogens with one attached hydrogen (secondary N) is 1. The number of hydrogen-bond acceptors (Lipinski definition) is 2. The molecule has 0 saturated heterocycles. The first kappa shape index (κ1) is 14.4. The highest BCUT2D eigenvalue weighted by Crippen LogP contribution is 2.23. The molecule has 104 valence electrons. The van der Waals surface area contributed by atoms with Gasteiger partial charge in [0, 0.05) is 5.02 Å². The third kappa shape index (κ3) is 4.00. The van der Waals surface area contributed by atoms with Crippen molar-refractivity contribution in [2.45, 2.75) is 13.3 Å². The lowest BCUT2D eigenvalue weighted by molar-refractivity contribution is -0.115. The van der Waals surface area contributed by atoms with Crippen LogP contribution in [-0.2, 0) is 11.2 Å². The molecule has 0 aliphatic carbocycles. The molecule has 1 N–H and O–H groups in total. The smallest absolute Gasteiger partial charge is 0.228 e. The van der Waals surface area contributed by atoms with Crippen molar-refractivity contribution in [3.05, 3.63) is 59.1 Å². The minimum absolute atomic E-state index is 0.0978.